The average molecular weight is 310 g/mol. The molecule has 1 aromatic carbocycles. The molecule has 0 aromatic heterocycles. The third-order valence-electron chi connectivity index (χ3n) is 3.63. The molecular weight excluding hydrogens is 284 g/mol. The van der Waals surface area contributed by atoms with Gasteiger partial charge in [-0.2, -0.15) is 0 Å². The van der Waals surface area contributed by atoms with E-state index in [4.69, 9.17) is 22.7 Å². The van der Waals surface area contributed by atoms with E-state index < -0.39 is 11.6 Å². The Morgan fingerprint density at radius 3 is 2.48 bits per heavy atom. The number of hydrogen-bond acceptors (Lipinski definition) is 3. The van der Waals surface area contributed by atoms with Gasteiger partial charge in [0.2, 0.25) is 0 Å². The van der Waals surface area contributed by atoms with Gasteiger partial charge in [-0.15, -0.1) is 0 Å². The fourth-order valence-corrected chi connectivity index (χ4v) is 2.48. The van der Waals surface area contributed by atoms with E-state index in [9.17, 15) is 5.11 Å². The summed E-state index contributed by atoms with van der Waals surface area (Å²) in [6, 6.07) is 8.10. The summed E-state index contributed by atoms with van der Waals surface area (Å²) in [4.78, 5) is 0. The monoisotopic (exact) mass is 310 g/mol. The molecule has 5 heteroatoms. The lowest BCUT2D eigenvalue weighted by molar-refractivity contribution is 0.0819. The van der Waals surface area contributed by atoms with Crippen molar-refractivity contribution in [3.63, 3.8) is 0 Å². The number of methoxy groups -OCH3 is 1. The quantitative estimate of drug-likeness (QED) is 0.508. The molecule has 1 rings (SSSR count). The zero-order valence-electron chi connectivity index (χ0n) is 13.1. The molecule has 0 aliphatic heterocycles. The van der Waals surface area contributed by atoms with E-state index in [2.05, 4.69) is 17.4 Å². The highest BCUT2D eigenvalue weighted by atomic mass is 32.1. The Kier molecular flexibility index (Phi) is 6.92. The summed E-state index contributed by atoms with van der Waals surface area (Å²) in [6.07, 6.45) is 3.23. The van der Waals surface area contributed by atoms with Gasteiger partial charge < -0.3 is 20.9 Å². The first-order chi connectivity index (χ1) is 9.85. The van der Waals surface area contributed by atoms with Crippen LogP contribution in [0.25, 0.3) is 0 Å². The summed E-state index contributed by atoms with van der Waals surface area (Å²) in [5.74, 6) is 0.875. The Balaban J connectivity index is 2.31. The van der Waals surface area contributed by atoms with Gasteiger partial charge in [-0.1, -0.05) is 18.6 Å². The summed E-state index contributed by atoms with van der Waals surface area (Å²) in [5, 5.41) is 13.4. The zero-order valence-corrected chi connectivity index (χ0v) is 13.9. The molecule has 4 N–H and O–H groups in total. The van der Waals surface area contributed by atoms with Crippen LogP contribution in [0.15, 0.2) is 24.3 Å². The van der Waals surface area contributed by atoms with Crippen LogP contribution in [0, 0.1) is 0 Å². The van der Waals surface area contributed by atoms with Crippen molar-refractivity contribution < 1.29 is 9.84 Å². The smallest absolute Gasteiger partial charge is 0.164 e. The molecule has 21 heavy (non-hydrogen) atoms. The Labute approximate surface area is 132 Å². The summed E-state index contributed by atoms with van der Waals surface area (Å²) in [5.41, 5.74) is 6.26. The number of nitrogens with two attached hydrogens (primary N) is 1. The van der Waals surface area contributed by atoms with Crippen molar-refractivity contribution in [2.75, 3.05) is 7.11 Å². The van der Waals surface area contributed by atoms with E-state index in [0.717, 1.165) is 31.4 Å². The topological polar surface area (TPSA) is 67.5 Å². The van der Waals surface area contributed by atoms with E-state index in [1.54, 1.807) is 7.11 Å². The SMILES string of the molecule is COc1ccc(CCCCC(O)C(C)(C)NC(N)=S)cc1. The second-order valence-corrected chi connectivity index (χ2v) is 6.26. The van der Waals surface area contributed by atoms with E-state index in [1.165, 1.54) is 5.56 Å². The van der Waals surface area contributed by atoms with Crippen LogP contribution in [-0.2, 0) is 6.42 Å². The third kappa shape index (κ3) is 6.31. The molecule has 0 aliphatic rings. The standard InChI is InChI=1S/C16H26N2O2S/c1-16(2,18-15(17)21)14(19)7-5-4-6-12-8-10-13(20-3)11-9-12/h8-11,14,19H,4-7H2,1-3H3,(H3,17,18,21). The van der Waals surface area contributed by atoms with Crippen molar-refractivity contribution in [3.05, 3.63) is 29.8 Å². The number of aliphatic hydroxyl groups excluding tert-OH is 1. The summed E-state index contributed by atoms with van der Waals surface area (Å²) in [6.45, 7) is 3.81. The lowest BCUT2D eigenvalue weighted by Crippen LogP contribution is -2.53. The fourth-order valence-electron chi connectivity index (χ4n) is 2.22. The van der Waals surface area contributed by atoms with Crippen LogP contribution in [0.3, 0.4) is 0 Å². The first-order valence-electron chi connectivity index (χ1n) is 7.24. The highest BCUT2D eigenvalue weighted by Gasteiger charge is 2.27. The van der Waals surface area contributed by atoms with Crippen LogP contribution < -0.4 is 15.8 Å². The van der Waals surface area contributed by atoms with Gasteiger partial charge in [-0.3, -0.25) is 0 Å². The molecule has 0 aliphatic carbocycles. The number of thiocarbonyl (C=S) groups is 1. The molecule has 0 amide bonds. The first kappa shape index (κ1) is 17.7. The number of nitrogens with one attached hydrogen (secondary N) is 1. The molecule has 0 heterocycles. The molecule has 118 valence electrons. The third-order valence-corrected chi connectivity index (χ3v) is 3.73. The predicted octanol–water partition coefficient (Wildman–Crippen LogP) is 2.38. The molecule has 0 bridgehead atoms. The molecule has 0 radical (unpaired) electrons. The van der Waals surface area contributed by atoms with Crippen LogP contribution in [0.2, 0.25) is 0 Å². The minimum atomic E-state index is -0.494. The van der Waals surface area contributed by atoms with Crippen molar-refractivity contribution >= 4 is 17.3 Å². The second-order valence-electron chi connectivity index (χ2n) is 5.82. The lowest BCUT2D eigenvalue weighted by atomic mass is 9.92. The van der Waals surface area contributed by atoms with Crippen LogP contribution in [-0.4, -0.2) is 29.0 Å². The number of aryl methyl sites for hydroxylation is 1. The van der Waals surface area contributed by atoms with E-state index >= 15 is 0 Å². The van der Waals surface area contributed by atoms with Gasteiger partial charge in [0, 0.05) is 0 Å². The molecule has 1 aromatic rings. The molecule has 1 atom stereocenters. The molecule has 1 unspecified atom stereocenters. The first-order valence-corrected chi connectivity index (χ1v) is 7.64. The number of benzene rings is 1. The number of unbranched alkanes of at least 4 members (excludes halogenated alkanes) is 1. The van der Waals surface area contributed by atoms with Gasteiger partial charge in [0.25, 0.3) is 0 Å². The Morgan fingerprint density at radius 2 is 1.95 bits per heavy atom. The van der Waals surface area contributed by atoms with Crippen molar-refractivity contribution in [3.8, 4) is 5.75 Å². The van der Waals surface area contributed by atoms with E-state index in [-0.39, 0.29) is 5.11 Å². The van der Waals surface area contributed by atoms with E-state index in [0.29, 0.717) is 0 Å². The van der Waals surface area contributed by atoms with Gasteiger partial charge in [-0.05, 0) is 63.0 Å². The maximum Gasteiger partial charge on any atom is 0.164 e. The van der Waals surface area contributed by atoms with Crippen molar-refractivity contribution in [2.24, 2.45) is 5.73 Å². The number of hydrogen-bond donors (Lipinski definition) is 3. The van der Waals surface area contributed by atoms with Gasteiger partial charge in [0.15, 0.2) is 5.11 Å². The van der Waals surface area contributed by atoms with Crippen LogP contribution in [0.5, 0.6) is 5.75 Å². The minimum absolute atomic E-state index is 0.220. The van der Waals surface area contributed by atoms with Crippen molar-refractivity contribution in [2.45, 2.75) is 51.2 Å². The number of aliphatic hydroxyl groups is 1. The Morgan fingerprint density at radius 1 is 1.33 bits per heavy atom. The summed E-state index contributed by atoms with van der Waals surface area (Å²) in [7, 11) is 1.67. The zero-order chi connectivity index (χ0) is 15.9. The predicted molar refractivity (Wildman–Crippen MR) is 90.6 cm³/mol. The minimum Gasteiger partial charge on any atom is -0.497 e. The van der Waals surface area contributed by atoms with Crippen molar-refractivity contribution in [1.29, 1.82) is 0 Å². The largest absolute Gasteiger partial charge is 0.497 e. The highest BCUT2D eigenvalue weighted by molar-refractivity contribution is 7.80. The Bertz CT molecular complexity index is 446. The molecule has 0 spiro atoms. The second kappa shape index (κ2) is 8.20. The maximum absolute atomic E-state index is 10.2. The number of ether oxygens (including phenoxy) is 1. The summed E-state index contributed by atoms with van der Waals surface area (Å²) >= 11 is 4.83. The average Bonchev–Trinajstić information content (AvgIpc) is 2.42. The van der Waals surface area contributed by atoms with Crippen LogP contribution in [0.1, 0.15) is 38.7 Å². The normalized spacial score (nSPS) is 12.8. The fraction of sp³-hybridized carbons (Fsp3) is 0.562. The van der Waals surface area contributed by atoms with Gasteiger partial charge >= 0.3 is 0 Å². The van der Waals surface area contributed by atoms with Gasteiger partial charge in [-0.25, -0.2) is 0 Å². The van der Waals surface area contributed by atoms with Gasteiger partial charge in [0.05, 0.1) is 18.8 Å². The molecule has 0 saturated carbocycles. The molecule has 0 fully saturated rings. The molecular formula is C16H26N2O2S. The molecule has 4 nitrogen and oxygen atoms in total. The lowest BCUT2D eigenvalue weighted by Gasteiger charge is -2.32. The number of rotatable bonds is 8. The van der Waals surface area contributed by atoms with Gasteiger partial charge in [0.1, 0.15) is 5.75 Å². The van der Waals surface area contributed by atoms with E-state index in [1.807, 2.05) is 26.0 Å². The van der Waals surface area contributed by atoms with Crippen molar-refractivity contribution in [1.82, 2.24) is 5.32 Å². The maximum atomic E-state index is 10.2. The highest BCUT2D eigenvalue weighted by Crippen LogP contribution is 2.17. The molecule has 0 saturated heterocycles. The Hall–Kier alpha value is -1.33. The summed E-state index contributed by atoms with van der Waals surface area (Å²) < 4.78 is 5.13. The van der Waals surface area contributed by atoms with Crippen LogP contribution >= 0.6 is 12.2 Å². The van der Waals surface area contributed by atoms with Crippen LogP contribution in [0.4, 0.5) is 0 Å².